The molecule has 0 aliphatic carbocycles. The summed E-state index contributed by atoms with van der Waals surface area (Å²) in [7, 11) is 4.12. The number of methoxy groups -OCH3 is 3. The van der Waals surface area contributed by atoms with Crippen molar-refractivity contribution in [3.8, 4) is 11.5 Å². The molecule has 0 fully saturated rings. The number of carbonyl (C=O) groups excluding carboxylic acids is 2. The first-order valence-corrected chi connectivity index (χ1v) is 9.18. The summed E-state index contributed by atoms with van der Waals surface area (Å²) in [4.78, 5) is 26.1. The average Bonchev–Trinajstić information content (AvgIpc) is 2.81. The van der Waals surface area contributed by atoms with E-state index in [1.165, 1.54) is 14.2 Å². The van der Waals surface area contributed by atoms with E-state index < -0.39 is 11.9 Å². The Morgan fingerprint density at radius 2 is 1.67 bits per heavy atom. The smallest absolute Gasteiger partial charge is 0.355 e. The van der Waals surface area contributed by atoms with Gasteiger partial charge in [-0.15, -0.1) is 0 Å². The molecule has 2 aromatic carbocycles. The van der Waals surface area contributed by atoms with Crippen LogP contribution in [-0.4, -0.2) is 46.6 Å². The van der Waals surface area contributed by atoms with Crippen LogP contribution in [0.15, 0.2) is 59.8 Å². The molecule has 1 aliphatic rings. The summed E-state index contributed by atoms with van der Waals surface area (Å²) in [5.41, 5.74) is 1.74. The quantitative estimate of drug-likeness (QED) is 0.641. The summed E-state index contributed by atoms with van der Waals surface area (Å²) in [5.74, 6) is 0.168. The van der Waals surface area contributed by atoms with Gasteiger partial charge in [-0.1, -0.05) is 12.1 Å². The number of benzene rings is 2. The average molecular weight is 413 g/mol. The van der Waals surface area contributed by atoms with Gasteiger partial charge in [-0.25, -0.2) is 9.59 Å². The Labute approximate surface area is 174 Å². The van der Waals surface area contributed by atoms with Crippen LogP contribution in [0, 0.1) is 0 Å². The van der Waals surface area contributed by atoms with Gasteiger partial charge in [0.25, 0.3) is 0 Å². The maximum atomic E-state index is 12.4. The van der Waals surface area contributed by atoms with E-state index in [9.17, 15) is 9.59 Å². The molecular weight excluding hydrogens is 390 g/mol. The molecule has 0 amide bonds. The lowest BCUT2D eigenvalue weighted by Gasteiger charge is -2.31. The van der Waals surface area contributed by atoms with Crippen molar-refractivity contribution in [2.45, 2.75) is 6.61 Å². The molecule has 158 valence electrons. The summed E-state index contributed by atoms with van der Waals surface area (Å²) < 4.78 is 26.1. The first kappa shape index (κ1) is 21.2. The molecule has 8 heteroatoms. The Kier molecular flexibility index (Phi) is 6.92. The Balaban J connectivity index is 1.84. The van der Waals surface area contributed by atoms with Gasteiger partial charge in [0, 0.05) is 5.69 Å². The molecule has 0 aromatic heterocycles. The van der Waals surface area contributed by atoms with Gasteiger partial charge in [0.05, 0.1) is 33.5 Å². The maximum Gasteiger partial charge on any atom is 0.355 e. The second-order valence-corrected chi connectivity index (χ2v) is 6.35. The fraction of sp³-hybridized carbons (Fsp3) is 0.273. The Morgan fingerprint density at radius 1 is 0.967 bits per heavy atom. The number of hydrogen-bond acceptors (Lipinski definition) is 8. The van der Waals surface area contributed by atoms with Crippen molar-refractivity contribution in [3.05, 3.63) is 65.4 Å². The Bertz CT molecular complexity index is 937. The number of ether oxygens (including phenoxy) is 5. The molecule has 1 aliphatic heterocycles. The molecule has 0 spiro atoms. The Hall–Kier alpha value is -3.52. The predicted octanol–water partition coefficient (Wildman–Crippen LogP) is 2.67. The normalized spacial score (nSPS) is 13.6. The summed E-state index contributed by atoms with van der Waals surface area (Å²) in [6.45, 7) is 0.373. The van der Waals surface area contributed by atoms with Gasteiger partial charge in [-0.05, 0) is 42.0 Å². The van der Waals surface area contributed by atoms with E-state index in [2.05, 4.69) is 0 Å². The van der Waals surface area contributed by atoms with Crippen LogP contribution < -0.4 is 14.4 Å². The van der Waals surface area contributed by atoms with Gasteiger partial charge in [-0.3, -0.25) is 0 Å². The van der Waals surface area contributed by atoms with Crippen molar-refractivity contribution in [3.63, 3.8) is 0 Å². The standard InChI is InChI=1S/C22H23NO7/c1-26-17-7-9-18(10-8-17)30-12-15-5-4-6-16(11-15)23-14-29-13-19(21(24)27-2)20(23)22(25)28-3/h4-11H,12-14H2,1-3H3. The molecule has 0 unspecified atom stereocenters. The second-order valence-electron chi connectivity index (χ2n) is 6.35. The highest BCUT2D eigenvalue weighted by Crippen LogP contribution is 2.28. The molecular formula is C22H23NO7. The highest BCUT2D eigenvalue weighted by molar-refractivity contribution is 6.03. The molecule has 0 N–H and O–H groups in total. The zero-order chi connectivity index (χ0) is 21.5. The number of nitrogens with zero attached hydrogens (tertiary/aromatic N) is 1. The number of carbonyl (C=O) groups is 2. The molecule has 3 rings (SSSR count). The molecule has 0 atom stereocenters. The summed E-state index contributed by atoms with van der Waals surface area (Å²) >= 11 is 0. The first-order chi connectivity index (χ1) is 14.6. The lowest BCUT2D eigenvalue weighted by atomic mass is 10.1. The first-order valence-electron chi connectivity index (χ1n) is 9.18. The van der Waals surface area contributed by atoms with Crippen LogP contribution in [0.25, 0.3) is 0 Å². The fourth-order valence-electron chi connectivity index (χ4n) is 3.00. The van der Waals surface area contributed by atoms with Crippen LogP contribution >= 0.6 is 0 Å². The van der Waals surface area contributed by atoms with E-state index in [0.717, 1.165) is 11.3 Å². The van der Waals surface area contributed by atoms with Gasteiger partial charge < -0.3 is 28.6 Å². The van der Waals surface area contributed by atoms with E-state index in [0.29, 0.717) is 18.0 Å². The minimum absolute atomic E-state index is 0.0339. The van der Waals surface area contributed by atoms with E-state index in [-0.39, 0.29) is 24.6 Å². The topological polar surface area (TPSA) is 83.5 Å². The summed E-state index contributed by atoms with van der Waals surface area (Å²) in [6, 6.07) is 14.7. The van der Waals surface area contributed by atoms with Crippen LogP contribution in [0.2, 0.25) is 0 Å². The van der Waals surface area contributed by atoms with Gasteiger partial charge >= 0.3 is 11.9 Å². The SMILES string of the molecule is COC(=O)C1=C(C(=O)OC)N(c2cccc(COc3ccc(OC)cc3)c2)COC1. The molecule has 2 aromatic rings. The minimum Gasteiger partial charge on any atom is -0.497 e. The largest absolute Gasteiger partial charge is 0.497 e. The second kappa shape index (κ2) is 9.80. The highest BCUT2D eigenvalue weighted by atomic mass is 16.5. The van der Waals surface area contributed by atoms with Crippen LogP contribution in [0.5, 0.6) is 11.5 Å². The van der Waals surface area contributed by atoms with Crippen molar-refractivity contribution in [2.75, 3.05) is 39.6 Å². The van der Waals surface area contributed by atoms with Gasteiger partial charge in [0.15, 0.2) is 0 Å². The molecule has 0 saturated heterocycles. The van der Waals surface area contributed by atoms with E-state index in [4.69, 9.17) is 23.7 Å². The number of anilines is 1. The zero-order valence-electron chi connectivity index (χ0n) is 17.0. The minimum atomic E-state index is -0.640. The lowest BCUT2D eigenvalue weighted by Crippen LogP contribution is -2.38. The molecule has 1 heterocycles. The highest BCUT2D eigenvalue weighted by Gasteiger charge is 2.32. The monoisotopic (exact) mass is 413 g/mol. The third-order valence-corrected chi connectivity index (χ3v) is 4.52. The van der Waals surface area contributed by atoms with Gasteiger partial charge in [0.1, 0.15) is 30.5 Å². The Morgan fingerprint density at radius 3 is 2.33 bits per heavy atom. The van der Waals surface area contributed by atoms with Crippen molar-refractivity contribution in [1.29, 1.82) is 0 Å². The molecule has 0 radical (unpaired) electrons. The van der Waals surface area contributed by atoms with Gasteiger partial charge in [0.2, 0.25) is 0 Å². The van der Waals surface area contributed by atoms with Crippen molar-refractivity contribution < 1.29 is 33.3 Å². The fourth-order valence-corrected chi connectivity index (χ4v) is 3.00. The third kappa shape index (κ3) is 4.72. The van der Waals surface area contributed by atoms with Crippen molar-refractivity contribution in [2.24, 2.45) is 0 Å². The number of hydrogen-bond donors (Lipinski definition) is 0. The lowest BCUT2D eigenvalue weighted by molar-refractivity contribution is -0.140. The van der Waals surface area contributed by atoms with Crippen LogP contribution in [0.3, 0.4) is 0 Å². The predicted molar refractivity (Wildman–Crippen MR) is 108 cm³/mol. The zero-order valence-corrected chi connectivity index (χ0v) is 17.0. The van der Waals surface area contributed by atoms with Crippen LogP contribution in [0.1, 0.15) is 5.56 Å². The molecule has 8 nitrogen and oxygen atoms in total. The molecule has 0 bridgehead atoms. The van der Waals surface area contributed by atoms with Crippen LogP contribution in [0.4, 0.5) is 5.69 Å². The van der Waals surface area contributed by atoms with Crippen molar-refractivity contribution in [1.82, 2.24) is 0 Å². The number of rotatable bonds is 7. The van der Waals surface area contributed by atoms with E-state index >= 15 is 0 Å². The summed E-state index contributed by atoms with van der Waals surface area (Å²) in [6.07, 6.45) is 0. The molecule has 30 heavy (non-hydrogen) atoms. The summed E-state index contributed by atoms with van der Waals surface area (Å²) in [5, 5.41) is 0. The molecule has 0 saturated carbocycles. The number of esters is 2. The maximum absolute atomic E-state index is 12.4. The van der Waals surface area contributed by atoms with Crippen molar-refractivity contribution >= 4 is 17.6 Å². The van der Waals surface area contributed by atoms with E-state index in [1.807, 2.05) is 48.5 Å². The van der Waals surface area contributed by atoms with E-state index in [1.54, 1.807) is 12.0 Å². The van der Waals surface area contributed by atoms with Crippen LogP contribution in [-0.2, 0) is 30.4 Å². The third-order valence-electron chi connectivity index (χ3n) is 4.52. The van der Waals surface area contributed by atoms with Gasteiger partial charge in [-0.2, -0.15) is 0 Å².